The zero-order chi connectivity index (χ0) is 27.5. The van der Waals surface area contributed by atoms with E-state index in [1.807, 2.05) is 0 Å². The Morgan fingerprint density at radius 1 is 0.564 bits per heavy atom. The van der Waals surface area contributed by atoms with E-state index in [1.54, 1.807) is 0 Å². The summed E-state index contributed by atoms with van der Waals surface area (Å²) < 4.78 is 0. The summed E-state index contributed by atoms with van der Waals surface area (Å²) in [7, 11) is 0. The second kappa shape index (κ2) is 11.5. The van der Waals surface area contributed by atoms with Crippen LogP contribution in [0.3, 0.4) is 0 Å². The van der Waals surface area contributed by atoms with Crippen molar-refractivity contribution in [3.05, 3.63) is 125 Å². The molecule has 0 aliphatic carbocycles. The molecule has 0 radical (unpaired) electrons. The summed E-state index contributed by atoms with van der Waals surface area (Å²) in [4.78, 5) is 7.78. The van der Waals surface area contributed by atoms with Crippen LogP contribution in [0, 0.1) is 0 Å². The van der Waals surface area contributed by atoms with Crippen molar-refractivity contribution in [2.45, 2.75) is 65.8 Å². The highest BCUT2D eigenvalue weighted by molar-refractivity contribution is 5.96. The first-order chi connectivity index (χ1) is 18.8. The monoisotopic (exact) mass is 512 g/mol. The van der Waals surface area contributed by atoms with E-state index in [4.69, 9.17) is 4.98 Å². The van der Waals surface area contributed by atoms with Crippen LogP contribution < -0.4 is 4.90 Å². The van der Waals surface area contributed by atoms with Crippen LogP contribution in [0.25, 0.3) is 22.0 Å². The Morgan fingerprint density at radius 2 is 1.13 bits per heavy atom. The van der Waals surface area contributed by atoms with Crippen molar-refractivity contribution in [3.8, 4) is 11.3 Å². The van der Waals surface area contributed by atoms with E-state index in [1.165, 1.54) is 38.7 Å². The lowest BCUT2D eigenvalue weighted by molar-refractivity contribution is 0.780. The number of rotatable bonds is 8. The summed E-state index contributed by atoms with van der Waals surface area (Å²) in [5.41, 5.74) is 8.97. The number of pyridine rings is 1. The molecule has 0 aliphatic heterocycles. The lowest BCUT2D eigenvalue weighted by atomic mass is 9.88. The number of para-hydroxylation sites is 1. The van der Waals surface area contributed by atoms with Crippen LogP contribution in [0.15, 0.2) is 103 Å². The minimum absolute atomic E-state index is 0.398. The van der Waals surface area contributed by atoms with Crippen molar-refractivity contribution in [1.82, 2.24) is 4.98 Å². The maximum atomic E-state index is 5.34. The largest absolute Gasteiger partial charge is 0.322 e. The summed E-state index contributed by atoms with van der Waals surface area (Å²) in [5, 5.41) is 2.46. The normalized spacial score (nSPS) is 11.6. The van der Waals surface area contributed by atoms with E-state index in [2.05, 4.69) is 150 Å². The molecule has 0 saturated carbocycles. The van der Waals surface area contributed by atoms with Gasteiger partial charge in [-0.05, 0) is 69.0 Å². The molecule has 5 rings (SSSR count). The van der Waals surface area contributed by atoms with Gasteiger partial charge >= 0.3 is 0 Å². The minimum atomic E-state index is 0.398. The van der Waals surface area contributed by atoms with Gasteiger partial charge in [0, 0.05) is 11.3 Å². The highest BCUT2D eigenvalue weighted by atomic mass is 15.2. The Balaban J connectivity index is 1.71. The summed E-state index contributed by atoms with van der Waals surface area (Å²) in [6, 6.07) is 37.2. The molecule has 1 aromatic heterocycles. The van der Waals surface area contributed by atoms with Gasteiger partial charge in [0.2, 0.25) is 0 Å². The fourth-order valence-electron chi connectivity index (χ4n) is 5.73. The van der Waals surface area contributed by atoms with Gasteiger partial charge in [-0.1, -0.05) is 126 Å². The van der Waals surface area contributed by atoms with Gasteiger partial charge in [-0.15, -0.1) is 0 Å². The SMILES string of the molecule is CC(C)c1ccccc1N(Cc1c(C(C)C)cccc1C(C)C)c1cccc(-c2cccc3ccccc23)n1. The molecule has 0 unspecified atom stereocenters. The Hall–Kier alpha value is -3.91. The molecule has 2 heteroatoms. The van der Waals surface area contributed by atoms with Gasteiger partial charge in [0.25, 0.3) is 0 Å². The molecule has 0 atom stereocenters. The molecular formula is C37H40N2. The number of aromatic nitrogens is 1. The molecule has 198 valence electrons. The van der Waals surface area contributed by atoms with Crippen molar-refractivity contribution < 1.29 is 0 Å². The van der Waals surface area contributed by atoms with E-state index >= 15 is 0 Å². The van der Waals surface area contributed by atoms with Gasteiger partial charge in [-0.25, -0.2) is 4.98 Å². The fraction of sp³-hybridized carbons (Fsp3) is 0.270. The van der Waals surface area contributed by atoms with Gasteiger partial charge in [0.15, 0.2) is 0 Å². The topological polar surface area (TPSA) is 16.1 Å². The summed E-state index contributed by atoms with van der Waals surface area (Å²) in [6.45, 7) is 14.5. The highest BCUT2D eigenvalue weighted by Gasteiger charge is 2.22. The number of anilines is 2. The predicted molar refractivity (Wildman–Crippen MR) is 168 cm³/mol. The van der Waals surface area contributed by atoms with E-state index < -0.39 is 0 Å². The maximum Gasteiger partial charge on any atom is 0.133 e. The van der Waals surface area contributed by atoms with Crippen LogP contribution >= 0.6 is 0 Å². The van der Waals surface area contributed by atoms with Crippen LogP contribution in [0.5, 0.6) is 0 Å². The van der Waals surface area contributed by atoms with Crippen molar-refractivity contribution in [1.29, 1.82) is 0 Å². The lowest BCUT2D eigenvalue weighted by Crippen LogP contribution is -2.22. The minimum Gasteiger partial charge on any atom is -0.322 e. The van der Waals surface area contributed by atoms with Crippen molar-refractivity contribution in [2.75, 3.05) is 4.90 Å². The molecule has 5 aromatic rings. The molecule has 1 heterocycles. The first-order valence-corrected chi connectivity index (χ1v) is 14.3. The van der Waals surface area contributed by atoms with E-state index in [9.17, 15) is 0 Å². The van der Waals surface area contributed by atoms with Gasteiger partial charge in [0.1, 0.15) is 5.82 Å². The Morgan fingerprint density at radius 3 is 1.85 bits per heavy atom. The molecule has 39 heavy (non-hydrogen) atoms. The molecule has 4 aromatic carbocycles. The lowest BCUT2D eigenvalue weighted by Gasteiger charge is -2.31. The van der Waals surface area contributed by atoms with E-state index in [-0.39, 0.29) is 0 Å². The molecule has 0 bridgehead atoms. The molecule has 0 aliphatic rings. The Kier molecular flexibility index (Phi) is 7.84. The average Bonchev–Trinajstić information content (AvgIpc) is 2.95. The average molecular weight is 513 g/mol. The van der Waals surface area contributed by atoms with Crippen molar-refractivity contribution in [3.63, 3.8) is 0 Å². The van der Waals surface area contributed by atoms with E-state index in [0.717, 1.165) is 23.6 Å². The summed E-state index contributed by atoms with van der Waals surface area (Å²) in [6.07, 6.45) is 0. The number of fused-ring (bicyclic) bond motifs is 1. The van der Waals surface area contributed by atoms with Gasteiger partial charge in [-0.3, -0.25) is 0 Å². The van der Waals surface area contributed by atoms with Crippen LogP contribution in [0.2, 0.25) is 0 Å². The zero-order valence-electron chi connectivity index (χ0n) is 24.1. The van der Waals surface area contributed by atoms with E-state index in [0.29, 0.717) is 17.8 Å². The zero-order valence-corrected chi connectivity index (χ0v) is 24.1. The van der Waals surface area contributed by atoms with Crippen molar-refractivity contribution in [2.24, 2.45) is 0 Å². The standard InChI is InChI=1S/C37H40N2/c1-25(2)29-18-12-19-30(26(3)4)34(29)24-39(36-22-10-9-16-31(36)27(5)6)37-23-13-21-35(38-37)33-20-11-15-28-14-7-8-17-32(28)33/h7-23,25-27H,24H2,1-6H3. The van der Waals surface area contributed by atoms with Crippen LogP contribution in [0.1, 0.15) is 81.5 Å². The second-order valence-corrected chi connectivity index (χ2v) is 11.4. The number of nitrogens with zero attached hydrogens (tertiary/aromatic N) is 2. The quantitative estimate of drug-likeness (QED) is 0.205. The fourth-order valence-corrected chi connectivity index (χ4v) is 5.73. The third-order valence-electron chi connectivity index (χ3n) is 7.73. The Labute approximate surface area is 234 Å². The van der Waals surface area contributed by atoms with Crippen LogP contribution in [0.4, 0.5) is 11.5 Å². The highest BCUT2D eigenvalue weighted by Crippen LogP contribution is 2.38. The van der Waals surface area contributed by atoms with Crippen molar-refractivity contribution >= 4 is 22.3 Å². The van der Waals surface area contributed by atoms with Gasteiger partial charge in [-0.2, -0.15) is 0 Å². The molecule has 0 fully saturated rings. The first kappa shape index (κ1) is 26.7. The van der Waals surface area contributed by atoms with Gasteiger partial charge < -0.3 is 4.90 Å². The van der Waals surface area contributed by atoms with Crippen LogP contribution in [-0.2, 0) is 6.54 Å². The van der Waals surface area contributed by atoms with Gasteiger partial charge in [0.05, 0.1) is 12.2 Å². The van der Waals surface area contributed by atoms with Crippen LogP contribution in [-0.4, -0.2) is 4.98 Å². The Bertz CT molecular complexity index is 1550. The number of hydrogen-bond acceptors (Lipinski definition) is 2. The molecular weight excluding hydrogens is 472 g/mol. The molecule has 0 amide bonds. The first-order valence-electron chi connectivity index (χ1n) is 14.3. The summed E-state index contributed by atoms with van der Waals surface area (Å²) >= 11 is 0. The second-order valence-electron chi connectivity index (χ2n) is 11.4. The number of hydrogen-bond donors (Lipinski definition) is 0. The smallest absolute Gasteiger partial charge is 0.133 e. The number of benzene rings is 4. The summed E-state index contributed by atoms with van der Waals surface area (Å²) in [5.74, 6) is 2.25. The maximum absolute atomic E-state index is 5.34. The predicted octanol–water partition coefficient (Wildman–Crippen LogP) is 10.6. The molecule has 0 saturated heterocycles. The third-order valence-corrected chi connectivity index (χ3v) is 7.73. The molecule has 0 N–H and O–H groups in total. The molecule has 2 nitrogen and oxygen atoms in total. The third kappa shape index (κ3) is 5.47. The molecule has 0 spiro atoms.